The second-order valence-corrected chi connectivity index (χ2v) is 7.70. The van der Waals surface area contributed by atoms with Crippen LogP contribution in [-0.2, 0) is 22.6 Å². The van der Waals surface area contributed by atoms with E-state index in [4.69, 9.17) is 5.73 Å². The van der Waals surface area contributed by atoms with Gasteiger partial charge in [-0.25, -0.2) is 19.5 Å². The molecule has 1 fully saturated rings. The highest BCUT2D eigenvalue weighted by Crippen LogP contribution is 2.31. The van der Waals surface area contributed by atoms with Crippen LogP contribution < -0.4 is 16.4 Å². The summed E-state index contributed by atoms with van der Waals surface area (Å²) in [6, 6.07) is 8.71. The topological polar surface area (TPSA) is 138 Å². The van der Waals surface area contributed by atoms with Gasteiger partial charge in [0.25, 0.3) is 0 Å². The van der Waals surface area contributed by atoms with Crippen LogP contribution in [0.1, 0.15) is 51.3 Å². The van der Waals surface area contributed by atoms with Crippen LogP contribution in [0.5, 0.6) is 0 Å². The van der Waals surface area contributed by atoms with E-state index < -0.39 is 35.9 Å². The Morgan fingerprint density at radius 1 is 1.23 bits per heavy atom. The van der Waals surface area contributed by atoms with Crippen molar-refractivity contribution in [1.29, 1.82) is 0 Å². The molecule has 9 heteroatoms. The second-order valence-electron chi connectivity index (χ2n) is 7.70. The molecular weight excluding hydrogens is 446 g/mol. The van der Waals surface area contributed by atoms with E-state index in [1.165, 1.54) is 6.20 Å². The van der Waals surface area contributed by atoms with Crippen molar-refractivity contribution < 1.29 is 19.5 Å². The molecule has 2 unspecified atom stereocenters. The summed E-state index contributed by atoms with van der Waals surface area (Å²) in [5.74, 6) is -2.30. The van der Waals surface area contributed by atoms with Crippen LogP contribution in [-0.4, -0.2) is 45.0 Å². The van der Waals surface area contributed by atoms with Crippen molar-refractivity contribution in [2.45, 2.75) is 59.7 Å². The number of nitrogens with one attached hydrogen (secondary N) is 2. The number of carbonyl (C=O) groups is 3. The molecule has 2 aliphatic heterocycles. The van der Waals surface area contributed by atoms with Crippen molar-refractivity contribution in [3.63, 3.8) is 0 Å². The zero-order valence-electron chi connectivity index (χ0n) is 20.9. The standard InChI is InChI=1S/C22H23N5O4.2C2H6/c1-12(17-11-24-10-14-4-2-3-5-15(14)17)26-22(31)27-19(21(29)30)16(20(27)28)8-13-6-7-25-18(23)9-13;2*1-2/h2-7,9,11-12,16,19,24H,8,10H2,1H3,(H2,23,25)(H,26,31)(H,29,30);2*1-2H3/t12?,16-,19?;;/m1../s1. The summed E-state index contributed by atoms with van der Waals surface area (Å²) in [6.45, 7) is 10.5. The molecule has 1 aromatic carbocycles. The quantitative estimate of drug-likeness (QED) is 0.480. The molecule has 0 aliphatic carbocycles. The molecule has 3 heterocycles. The van der Waals surface area contributed by atoms with Crippen LogP contribution in [0.3, 0.4) is 0 Å². The molecule has 188 valence electrons. The average molecular weight is 482 g/mol. The monoisotopic (exact) mass is 481 g/mol. The predicted octanol–water partition coefficient (Wildman–Crippen LogP) is 3.41. The van der Waals surface area contributed by atoms with E-state index in [-0.39, 0.29) is 12.2 Å². The van der Waals surface area contributed by atoms with Crippen molar-refractivity contribution in [2.75, 3.05) is 5.73 Å². The molecule has 9 nitrogen and oxygen atoms in total. The minimum Gasteiger partial charge on any atom is -0.480 e. The number of benzene rings is 1. The van der Waals surface area contributed by atoms with E-state index >= 15 is 0 Å². The fourth-order valence-electron chi connectivity index (χ4n) is 4.13. The van der Waals surface area contributed by atoms with E-state index in [1.54, 1.807) is 19.1 Å². The first-order valence-electron chi connectivity index (χ1n) is 12.0. The molecule has 2 aromatic rings. The molecular formula is C26H35N5O4. The number of carboxylic acids is 1. The Kier molecular flexibility index (Phi) is 9.81. The number of nitrogens with two attached hydrogens (primary N) is 1. The van der Waals surface area contributed by atoms with Crippen LogP contribution in [0.4, 0.5) is 10.6 Å². The van der Waals surface area contributed by atoms with Gasteiger partial charge in [0.15, 0.2) is 6.04 Å². The Balaban J connectivity index is 0.00000103. The number of hydrogen-bond acceptors (Lipinski definition) is 6. The number of imide groups is 1. The SMILES string of the molecule is CC.CC.CC(NC(=O)N1C(=O)[C@H](Cc2ccnc(N)c2)C1C(=O)O)C1=CNCc2ccccc21. The lowest BCUT2D eigenvalue weighted by Gasteiger charge is -2.43. The van der Waals surface area contributed by atoms with E-state index in [2.05, 4.69) is 15.6 Å². The maximum Gasteiger partial charge on any atom is 0.327 e. The van der Waals surface area contributed by atoms with E-state index in [0.29, 0.717) is 12.1 Å². The van der Waals surface area contributed by atoms with Gasteiger partial charge in [-0.15, -0.1) is 0 Å². The van der Waals surface area contributed by atoms with Crippen LogP contribution in [0, 0.1) is 5.92 Å². The predicted molar refractivity (Wildman–Crippen MR) is 136 cm³/mol. The first-order valence-corrected chi connectivity index (χ1v) is 12.0. The highest BCUT2D eigenvalue weighted by atomic mass is 16.4. The molecule has 1 saturated heterocycles. The zero-order chi connectivity index (χ0) is 26.1. The Bertz CT molecular complexity index is 1080. The molecule has 2 aliphatic rings. The molecule has 35 heavy (non-hydrogen) atoms. The summed E-state index contributed by atoms with van der Waals surface area (Å²) in [7, 11) is 0. The van der Waals surface area contributed by atoms with Crippen molar-refractivity contribution in [1.82, 2.24) is 20.5 Å². The van der Waals surface area contributed by atoms with Crippen LogP contribution in [0.2, 0.25) is 0 Å². The number of likely N-dealkylation sites (tertiary alicyclic amines) is 1. The molecule has 5 N–H and O–H groups in total. The molecule has 0 saturated carbocycles. The Morgan fingerprint density at radius 2 is 1.91 bits per heavy atom. The number of β-lactam (4-membered cyclic amide) rings is 1. The highest BCUT2D eigenvalue weighted by molar-refractivity contribution is 6.08. The Hall–Kier alpha value is -3.88. The maximum absolute atomic E-state index is 12.8. The number of fused-ring (bicyclic) bond motifs is 1. The van der Waals surface area contributed by atoms with Gasteiger partial charge in [0.1, 0.15) is 5.82 Å². The van der Waals surface area contributed by atoms with E-state index in [9.17, 15) is 19.5 Å². The number of rotatable bonds is 5. The zero-order valence-corrected chi connectivity index (χ0v) is 20.9. The molecule has 4 rings (SSSR count). The first kappa shape index (κ1) is 27.4. The largest absolute Gasteiger partial charge is 0.480 e. The van der Waals surface area contributed by atoms with Gasteiger partial charge in [0, 0.05) is 18.9 Å². The normalized spacial score (nSPS) is 18.6. The summed E-state index contributed by atoms with van der Waals surface area (Å²) in [4.78, 5) is 42.0. The third-order valence-electron chi connectivity index (χ3n) is 5.67. The van der Waals surface area contributed by atoms with Gasteiger partial charge in [-0.1, -0.05) is 52.0 Å². The van der Waals surface area contributed by atoms with Crippen molar-refractivity contribution in [3.8, 4) is 0 Å². The van der Waals surface area contributed by atoms with Crippen molar-refractivity contribution >= 4 is 29.3 Å². The van der Waals surface area contributed by atoms with Gasteiger partial charge in [0.2, 0.25) is 5.91 Å². The summed E-state index contributed by atoms with van der Waals surface area (Å²) in [6.07, 6.45) is 3.50. The summed E-state index contributed by atoms with van der Waals surface area (Å²) in [5.41, 5.74) is 9.32. The van der Waals surface area contributed by atoms with Gasteiger partial charge >= 0.3 is 12.0 Å². The maximum atomic E-state index is 12.8. The van der Waals surface area contributed by atoms with Gasteiger partial charge in [-0.05, 0) is 47.7 Å². The minimum atomic E-state index is -1.24. The van der Waals surface area contributed by atoms with Crippen LogP contribution >= 0.6 is 0 Å². The number of amides is 3. The van der Waals surface area contributed by atoms with Crippen LogP contribution in [0.15, 0.2) is 48.8 Å². The van der Waals surface area contributed by atoms with E-state index in [0.717, 1.165) is 21.6 Å². The second kappa shape index (κ2) is 12.5. The molecule has 3 amide bonds. The number of hydrogen-bond donors (Lipinski definition) is 4. The lowest BCUT2D eigenvalue weighted by Crippen LogP contribution is -2.69. The number of aliphatic carboxylic acids is 1. The summed E-state index contributed by atoms with van der Waals surface area (Å²) < 4.78 is 0. The van der Waals surface area contributed by atoms with Gasteiger partial charge in [-0.3, -0.25) is 4.79 Å². The smallest absolute Gasteiger partial charge is 0.327 e. The average Bonchev–Trinajstić information content (AvgIpc) is 2.87. The van der Waals surface area contributed by atoms with Crippen molar-refractivity contribution in [3.05, 3.63) is 65.5 Å². The third-order valence-corrected chi connectivity index (χ3v) is 5.67. The Morgan fingerprint density at radius 3 is 2.57 bits per heavy atom. The number of carboxylic acid groups (broad SMARTS) is 1. The number of carbonyl (C=O) groups excluding carboxylic acids is 2. The number of nitrogens with zero attached hydrogens (tertiary/aromatic N) is 2. The number of urea groups is 1. The van der Waals surface area contributed by atoms with Crippen LogP contribution in [0.25, 0.3) is 5.57 Å². The highest BCUT2D eigenvalue weighted by Gasteiger charge is 2.54. The molecule has 3 atom stereocenters. The Labute approximate surface area is 206 Å². The molecule has 0 bridgehead atoms. The minimum absolute atomic E-state index is 0.171. The summed E-state index contributed by atoms with van der Waals surface area (Å²) >= 11 is 0. The lowest BCUT2D eigenvalue weighted by molar-refractivity contribution is -0.165. The van der Waals surface area contributed by atoms with Gasteiger partial charge in [0.05, 0.1) is 12.0 Å². The van der Waals surface area contributed by atoms with E-state index in [1.807, 2.05) is 58.2 Å². The summed E-state index contributed by atoms with van der Waals surface area (Å²) in [5, 5.41) is 15.6. The number of aromatic nitrogens is 1. The fourth-order valence-corrected chi connectivity index (χ4v) is 4.13. The molecule has 0 radical (unpaired) electrons. The number of anilines is 1. The lowest BCUT2D eigenvalue weighted by atomic mass is 9.82. The third kappa shape index (κ3) is 5.98. The fraction of sp³-hybridized carbons (Fsp3) is 0.385. The molecule has 1 aromatic heterocycles. The first-order chi connectivity index (χ1) is 16.9. The van der Waals surface area contributed by atoms with Gasteiger partial charge < -0.3 is 21.5 Å². The van der Waals surface area contributed by atoms with Crippen molar-refractivity contribution in [2.24, 2.45) is 5.92 Å². The number of nitrogen functional groups attached to an aromatic ring is 1. The molecule has 0 spiro atoms. The number of pyridine rings is 1. The van der Waals surface area contributed by atoms with Gasteiger partial charge in [-0.2, -0.15) is 0 Å².